The van der Waals surface area contributed by atoms with Gasteiger partial charge in [-0.15, -0.1) is 0 Å². The predicted octanol–water partition coefficient (Wildman–Crippen LogP) is 3.56. The second-order valence-electron chi connectivity index (χ2n) is 5.44. The highest BCUT2D eigenvalue weighted by Crippen LogP contribution is 2.18. The van der Waals surface area contributed by atoms with Crippen LogP contribution in [0.3, 0.4) is 0 Å². The van der Waals surface area contributed by atoms with Crippen LogP contribution in [0.2, 0.25) is 0 Å². The summed E-state index contributed by atoms with van der Waals surface area (Å²) in [6, 6.07) is 8.02. The van der Waals surface area contributed by atoms with Gasteiger partial charge in [0.2, 0.25) is 0 Å². The van der Waals surface area contributed by atoms with Crippen LogP contribution < -0.4 is 11.5 Å². The molecule has 0 fully saturated rings. The molecule has 2 rings (SSSR count). The molecule has 0 heterocycles. The Kier molecular flexibility index (Phi) is 6.96. The average Bonchev–Trinajstić information content (AvgIpc) is 2.43. The third kappa shape index (κ3) is 4.50. The van der Waals surface area contributed by atoms with Crippen molar-refractivity contribution in [1.29, 1.82) is 0 Å². The lowest BCUT2D eigenvalue weighted by molar-refractivity contribution is 0.824. The standard InChI is InChI=1S/2C9H13N.H2O/c2*1-6-4-5-9(10)8(3)7(6)2;/h2*4-5H,10H2,1-3H3;1H2. The first-order valence-corrected chi connectivity index (χ1v) is 6.90. The van der Waals surface area contributed by atoms with Crippen molar-refractivity contribution in [3.05, 3.63) is 57.6 Å². The smallest absolute Gasteiger partial charge is 0.0346 e. The first-order chi connectivity index (χ1) is 9.25. The molecule has 0 unspecified atom stereocenters. The van der Waals surface area contributed by atoms with Gasteiger partial charge in [0.1, 0.15) is 0 Å². The van der Waals surface area contributed by atoms with Crippen molar-refractivity contribution >= 4 is 11.4 Å². The van der Waals surface area contributed by atoms with Crippen molar-refractivity contribution in [3.63, 3.8) is 0 Å². The Labute approximate surface area is 128 Å². The van der Waals surface area contributed by atoms with Crippen LogP contribution in [0.25, 0.3) is 0 Å². The molecule has 0 saturated carbocycles. The maximum atomic E-state index is 5.69. The SMILES string of the molecule is Cc1ccc(N)c(C)c1C.Cc1ccc(N)c(C)c1C.O. The van der Waals surface area contributed by atoms with E-state index in [1.807, 2.05) is 12.1 Å². The fourth-order valence-corrected chi connectivity index (χ4v) is 1.95. The summed E-state index contributed by atoms with van der Waals surface area (Å²) in [5.74, 6) is 0. The molecule has 0 aliphatic heterocycles. The van der Waals surface area contributed by atoms with Crippen LogP contribution in [0.4, 0.5) is 11.4 Å². The fourth-order valence-electron chi connectivity index (χ4n) is 1.95. The van der Waals surface area contributed by atoms with Crippen LogP contribution in [0.5, 0.6) is 0 Å². The molecule has 2 aromatic carbocycles. The van der Waals surface area contributed by atoms with Crippen LogP contribution in [0.1, 0.15) is 33.4 Å². The summed E-state index contributed by atoms with van der Waals surface area (Å²) in [6.45, 7) is 12.5. The normalized spacial score (nSPS) is 9.43. The molecule has 0 radical (unpaired) electrons. The van der Waals surface area contributed by atoms with E-state index in [2.05, 4.69) is 53.7 Å². The topological polar surface area (TPSA) is 83.5 Å². The highest BCUT2D eigenvalue weighted by atomic mass is 16.0. The van der Waals surface area contributed by atoms with Crippen molar-refractivity contribution in [2.24, 2.45) is 0 Å². The van der Waals surface area contributed by atoms with E-state index >= 15 is 0 Å². The summed E-state index contributed by atoms with van der Waals surface area (Å²) in [4.78, 5) is 0. The van der Waals surface area contributed by atoms with Crippen molar-refractivity contribution in [1.82, 2.24) is 0 Å². The molecule has 3 heteroatoms. The summed E-state index contributed by atoms with van der Waals surface area (Å²) in [7, 11) is 0. The molecule has 0 saturated heterocycles. The number of hydrogen-bond donors (Lipinski definition) is 2. The van der Waals surface area contributed by atoms with E-state index in [0.29, 0.717) is 0 Å². The van der Waals surface area contributed by atoms with Crippen molar-refractivity contribution in [2.75, 3.05) is 11.5 Å². The Morgan fingerprint density at radius 3 is 1.05 bits per heavy atom. The minimum absolute atomic E-state index is 0. The van der Waals surface area contributed by atoms with Gasteiger partial charge in [-0.25, -0.2) is 0 Å². The third-order valence-electron chi connectivity index (χ3n) is 4.20. The van der Waals surface area contributed by atoms with Gasteiger partial charge in [-0.05, 0) is 87.1 Å². The molecule has 2 aromatic rings. The maximum absolute atomic E-state index is 5.69. The molecule has 0 aliphatic rings. The first kappa shape index (κ1) is 19.0. The second-order valence-corrected chi connectivity index (χ2v) is 5.44. The third-order valence-corrected chi connectivity index (χ3v) is 4.20. The summed E-state index contributed by atoms with van der Waals surface area (Å²) in [6.07, 6.45) is 0. The molecule has 0 aromatic heterocycles. The van der Waals surface area contributed by atoms with Gasteiger partial charge in [0.05, 0.1) is 0 Å². The molecule has 0 amide bonds. The van der Waals surface area contributed by atoms with E-state index in [1.165, 1.54) is 33.4 Å². The van der Waals surface area contributed by atoms with Gasteiger partial charge in [-0.2, -0.15) is 0 Å². The van der Waals surface area contributed by atoms with Gasteiger partial charge in [-0.3, -0.25) is 0 Å². The van der Waals surface area contributed by atoms with Crippen LogP contribution in [0, 0.1) is 41.5 Å². The monoisotopic (exact) mass is 288 g/mol. The second kappa shape index (κ2) is 7.70. The maximum Gasteiger partial charge on any atom is 0.0346 e. The molecule has 0 atom stereocenters. The van der Waals surface area contributed by atoms with Gasteiger partial charge in [0, 0.05) is 11.4 Å². The van der Waals surface area contributed by atoms with E-state index in [4.69, 9.17) is 11.5 Å². The zero-order valence-corrected chi connectivity index (χ0v) is 14.0. The molecule has 21 heavy (non-hydrogen) atoms. The predicted molar refractivity (Wildman–Crippen MR) is 93.7 cm³/mol. The number of rotatable bonds is 0. The summed E-state index contributed by atoms with van der Waals surface area (Å²) in [5.41, 5.74) is 20.8. The summed E-state index contributed by atoms with van der Waals surface area (Å²) < 4.78 is 0. The number of nitrogens with two attached hydrogens (primary N) is 2. The minimum atomic E-state index is 0. The molecule has 6 N–H and O–H groups in total. The Bertz CT molecular complexity index is 510. The molecule has 0 spiro atoms. The number of benzene rings is 2. The Hall–Kier alpha value is -2.00. The van der Waals surface area contributed by atoms with Crippen molar-refractivity contribution in [2.45, 2.75) is 41.5 Å². The van der Waals surface area contributed by atoms with Gasteiger partial charge in [0.15, 0.2) is 0 Å². The number of nitrogen functional groups attached to an aromatic ring is 2. The summed E-state index contributed by atoms with van der Waals surface area (Å²) in [5, 5.41) is 0. The number of hydrogen-bond acceptors (Lipinski definition) is 2. The van der Waals surface area contributed by atoms with Crippen molar-refractivity contribution < 1.29 is 5.48 Å². The first-order valence-electron chi connectivity index (χ1n) is 6.90. The van der Waals surface area contributed by atoms with Crippen LogP contribution >= 0.6 is 0 Å². The van der Waals surface area contributed by atoms with E-state index < -0.39 is 0 Å². The van der Waals surface area contributed by atoms with E-state index in [-0.39, 0.29) is 5.48 Å². The van der Waals surface area contributed by atoms with Crippen LogP contribution in [-0.2, 0) is 0 Å². The highest BCUT2D eigenvalue weighted by molar-refractivity contribution is 5.52. The van der Waals surface area contributed by atoms with Gasteiger partial charge in [0.25, 0.3) is 0 Å². The molecule has 3 nitrogen and oxygen atoms in total. The summed E-state index contributed by atoms with van der Waals surface area (Å²) >= 11 is 0. The fraction of sp³-hybridized carbons (Fsp3) is 0.333. The molecule has 116 valence electrons. The van der Waals surface area contributed by atoms with Crippen molar-refractivity contribution in [3.8, 4) is 0 Å². The zero-order chi connectivity index (χ0) is 15.4. The van der Waals surface area contributed by atoms with E-state index in [0.717, 1.165) is 11.4 Å². The number of aryl methyl sites for hydroxylation is 2. The lowest BCUT2D eigenvalue weighted by Gasteiger charge is -2.05. The van der Waals surface area contributed by atoms with E-state index in [9.17, 15) is 0 Å². The largest absolute Gasteiger partial charge is 0.412 e. The molecule has 0 bridgehead atoms. The molecular weight excluding hydrogens is 260 g/mol. The average molecular weight is 288 g/mol. The minimum Gasteiger partial charge on any atom is -0.412 e. The number of anilines is 2. The Balaban J connectivity index is 0.000000364. The highest BCUT2D eigenvalue weighted by Gasteiger charge is 1.99. The van der Waals surface area contributed by atoms with E-state index in [1.54, 1.807) is 0 Å². The Morgan fingerprint density at radius 2 is 0.810 bits per heavy atom. The van der Waals surface area contributed by atoms with Gasteiger partial charge < -0.3 is 16.9 Å². The van der Waals surface area contributed by atoms with Gasteiger partial charge >= 0.3 is 0 Å². The molecular formula is C18H28N2O. The quantitative estimate of drug-likeness (QED) is 0.726. The molecule has 0 aliphatic carbocycles. The van der Waals surface area contributed by atoms with Crippen LogP contribution in [0.15, 0.2) is 24.3 Å². The lowest BCUT2D eigenvalue weighted by Crippen LogP contribution is -1.93. The van der Waals surface area contributed by atoms with Gasteiger partial charge in [-0.1, -0.05) is 12.1 Å². The zero-order valence-electron chi connectivity index (χ0n) is 14.0. The Morgan fingerprint density at radius 1 is 0.524 bits per heavy atom. The van der Waals surface area contributed by atoms with Crippen LogP contribution in [-0.4, -0.2) is 5.48 Å². The lowest BCUT2D eigenvalue weighted by atomic mass is 10.0.